The van der Waals surface area contributed by atoms with Gasteiger partial charge in [-0.05, 0) is 86.7 Å². The number of thioether (sulfide) groups is 1. The van der Waals surface area contributed by atoms with Gasteiger partial charge in [-0.15, -0.1) is 11.8 Å². The van der Waals surface area contributed by atoms with Crippen LogP contribution in [0.4, 0.5) is 5.69 Å². The summed E-state index contributed by atoms with van der Waals surface area (Å²) in [5, 5.41) is 2.97. The average molecular weight is 422 g/mol. The molecule has 30 heavy (non-hydrogen) atoms. The first-order chi connectivity index (χ1) is 14.5. The van der Waals surface area contributed by atoms with E-state index >= 15 is 0 Å². The van der Waals surface area contributed by atoms with E-state index in [1.807, 2.05) is 67.8 Å². The Labute approximate surface area is 182 Å². The minimum Gasteiger partial charge on any atom is -0.493 e. The number of carbonyl (C=O) groups excluding carboxylic acids is 1. The summed E-state index contributed by atoms with van der Waals surface area (Å²) in [6.45, 7) is 6.94. The molecule has 0 fully saturated rings. The molecule has 0 atom stereocenters. The van der Waals surface area contributed by atoms with Crippen LogP contribution in [-0.4, -0.2) is 18.8 Å². The number of hydrogen-bond donors (Lipinski definition) is 1. The van der Waals surface area contributed by atoms with Crippen molar-refractivity contribution >= 4 is 23.4 Å². The first-order valence-electron chi connectivity index (χ1n) is 9.91. The second-order valence-electron chi connectivity index (χ2n) is 6.98. The Bertz CT molecular complexity index is 1030. The molecule has 1 amide bonds. The van der Waals surface area contributed by atoms with Crippen LogP contribution in [0.1, 0.15) is 34.0 Å². The molecule has 0 aliphatic heterocycles. The van der Waals surface area contributed by atoms with Gasteiger partial charge in [0.15, 0.2) is 0 Å². The standard InChI is InChI=1S/C25H27NO3S/c1-5-28-24-12-10-19(25(27)26-21-7-6-8-23(15-21)30-4)14-20(24)16-29-22-11-9-17(2)18(3)13-22/h6-15H,5,16H2,1-4H3,(H,26,27). The maximum Gasteiger partial charge on any atom is 0.255 e. The lowest BCUT2D eigenvalue weighted by Gasteiger charge is -2.14. The number of benzene rings is 3. The Morgan fingerprint density at radius 1 is 0.967 bits per heavy atom. The maximum atomic E-state index is 12.8. The summed E-state index contributed by atoms with van der Waals surface area (Å²) < 4.78 is 11.7. The molecule has 0 bridgehead atoms. The first kappa shape index (κ1) is 21.8. The van der Waals surface area contributed by atoms with Crippen molar-refractivity contribution < 1.29 is 14.3 Å². The molecular weight excluding hydrogens is 394 g/mol. The number of rotatable bonds is 8. The molecule has 0 aromatic heterocycles. The van der Waals surface area contributed by atoms with E-state index in [4.69, 9.17) is 9.47 Å². The highest BCUT2D eigenvalue weighted by molar-refractivity contribution is 7.98. The molecule has 0 radical (unpaired) electrons. The number of hydrogen-bond acceptors (Lipinski definition) is 4. The number of nitrogens with one attached hydrogen (secondary N) is 1. The van der Waals surface area contributed by atoms with Crippen molar-refractivity contribution in [3.8, 4) is 11.5 Å². The molecule has 156 valence electrons. The van der Waals surface area contributed by atoms with Gasteiger partial charge >= 0.3 is 0 Å². The van der Waals surface area contributed by atoms with Gasteiger partial charge in [-0.1, -0.05) is 12.1 Å². The van der Waals surface area contributed by atoms with Gasteiger partial charge in [0.2, 0.25) is 0 Å². The lowest BCUT2D eigenvalue weighted by molar-refractivity contribution is 0.102. The predicted octanol–water partition coefficient (Wildman–Crippen LogP) is 6.26. The van der Waals surface area contributed by atoms with Crippen molar-refractivity contribution in [1.82, 2.24) is 0 Å². The number of aryl methyl sites for hydroxylation is 2. The molecule has 5 heteroatoms. The van der Waals surface area contributed by atoms with E-state index in [0.717, 1.165) is 27.6 Å². The van der Waals surface area contributed by atoms with E-state index in [-0.39, 0.29) is 5.91 Å². The molecule has 0 aliphatic carbocycles. The number of ether oxygens (including phenoxy) is 2. The molecule has 3 aromatic rings. The Balaban J connectivity index is 1.78. The first-order valence-corrected chi connectivity index (χ1v) is 11.1. The van der Waals surface area contributed by atoms with Crippen LogP contribution in [0, 0.1) is 13.8 Å². The van der Waals surface area contributed by atoms with Crippen LogP contribution in [0.2, 0.25) is 0 Å². The van der Waals surface area contributed by atoms with Crippen LogP contribution in [-0.2, 0) is 6.61 Å². The van der Waals surface area contributed by atoms with Crippen LogP contribution in [0.3, 0.4) is 0 Å². The van der Waals surface area contributed by atoms with E-state index in [1.54, 1.807) is 17.8 Å². The zero-order valence-electron chi connectivity index (χ0n) is 17.8. The Hall–Kier alpha value is -2.92. The topological polar surface area (TPSA) is 47.6 Å². The van der Waals surface area contributed by atoms with Gasteiger partial charge in [-0.25, -0.2) is 0 Å². The lowest BCUT2D eigenvalue weighted by Crippen LogP contribution is -2.13. The van der Waals surface area contributed by atoms with E-state index in [9.17, 15) is 4.79 Å². The van der Waals surface area contributed by atoms with Gasteiger partial charge in [0.1, 0.15) is 18.1 Å². The second kappa shape index (κ2) is 10.2. The van der Waals surface area contributed by atoms with Crippen LogP contribution in [0.5, 0.6) is 11.5 Å². The van der Waals surface area contributed by atoms with Crippen LogP contribution < -0.4 is 14.8 Å². The molecule has 1 N–H and O–H groups in total. The van der Waals surface area contributed by atoms with Gasteiger partial charge < -0.3 is 14.8 Å². The van der Waals surface area contributed by atoms with Crippen molar-refractivity contribution in [2.45, 2.75) is 32.3 Å². The molecule has 4 nitrogen and oxygen atoms in total. The lowest BCUT2D eigenvalue weighted by atomic mass is 10.1. The SMILES string of the molecule is CCOc1ccc(C(=O)Nc2cccc(SC)c2)cc1COc1ccc(C)c(C)c1. The largest absolute Gasteiger partial charge is 0.493 e. The normalized spacial score (nSPS) is 10.5. The van der Waals surface area contributed by atoms with Gasteiger partial charge in [0, 0.05) is 21.7 Å². The predicted molar refractivity (Wildman–Crippen MR) is 124 cm³/mol. The number of anilines is 1. The fraction of sp³-hybridized carbons (Fsp3) is 0.240. The fourth-order valence-electron chi connectivity index (χ4n) is 3.00. The Morgan fingerprint density at radius 3 is 2.53 bits per heavy atom. The summed E-state index contributed by atoms with van der Waals surface area (Å²) in [6.07, 6.45) is 2.01. The van der Waals surface area contributed by atoms with Gasteiger partial charge in [0.05, 0.1) is 6.61 Å². The summed E-state index contributed by atoms with van der Waals surface area (Å²) in [7, 11) is 0. The van der Waals surface area contributed by atoms with Crippen LogP contribution >= 0.6 is 11.8 Å². The highest BCUT2D eigenvalue weighted by Crippen LogP contribution is 2.25. The van der Waals surface area contributed by atoms with Crippen molar-refractivity contribution in [2.24, 2.45) is 0 Å². The quantitative estimate of drug-likeness (QED) is 0.436. The molecule has 0 heterocycles. The summed E-state index contributed by atoms with van der Waals surface area (Å²) in [5.41, 5.74) is 4.57. The zero-order chi connectivity index (χ0) is 21.5. The summed E-state index contributed by atoms with van der Waals surface area (Å²) in [4.78, 5) is 13.9. The van der Waals surface area contributed by atoms with E-state index in [2.05, 4.69) is 19.2 Å². The summed E-state index contributed by atoms with van der Waals surface area (Å²) >= 11 is 1.64. The second-order valence-corrected chi connectivity index (χ2v) is 7.86. The van der Waals surface area contributed by atoms with E-state index < -0.39 is 0 Å². The number of amides is 1. The smallest absolute Gasteiger partial charge is 0.255 e. The molecule has 0 saturated carbocycles. The Morgan fingerprint density at radius 2 is 1.80 bits per heavy atom. The molecule has 3 rings (SSSR count). The van der Waals surface area contributed by atoms with Gasteiger partial charge in [-0.2, -0.15) is 0 Å². The fourth-order valence-corrected chi connectivity index (χ4v) is 3.46. The van der Waals surface area contributed by atoms with Crippen molar-refractivity contribution in [3.63, 3.8) is 0 Å². The monoisotopic (exact) mass is 421 g/mol. The molecule has 3 aromatic carbocycles. The Kier molecular flexibility index (Phi) is 7.41. The average Bonchev–Trinajstić information content (AvgIpc) is 2.75. The molecule has 0 saturated heterocycles. The van der Waals surface area contributed by atoms with Crippen molar-refractivity contribution in [3.05, 3.63) is 82.9 Å². The summed E-state index contributed by atoms with van der Waals surface area (Å²) in [5.74, 6) is 1.36. The molecular formula is C25H27NO3S. The highest BCUT2D eigenvalue weighted by atomic mass is 32.2. The molecule has 0 unspecified atom stereocenters. The van der Waals surface area contributed by atoms with Crippen LogP contribution in [0.25, 0.3) is 0 Å². The summed E-state index contributed by atoms with van der Waals surface area (Å²) in [6, 6.07) is 19.2. The van der Waals surface area contributed by atoms with Gasteiger partial charge in [-0.3, -0.25) is 4.79 Å². The van der Waals surface area contributed by atoms with Crippen molar-refractivity contribution in [2.75, 3.05) is 18.2 Å². The van der Waals surface area contributed by atoms with E-state index in [0.29, 0.717) is 18.8 Å². The van der Waals surface area contributed by atoms with Crippen molar-refractivity contribution in [1.29, 1.82) is 0 Å². The van der Waals surface area contributed by atoms with Gasteiger partial charge in [0.25, 0.3) is 5.91 Å². The van der Waals surface area contributed by atoms with E-state index in [1.165, 1.54) is 11.1 Å². The number of carbonyl (C=O) groups is 1. The van der Waals surface area contributed by atoms with Crippen LogP contribution in [0.15, 0.2) is 65.6 Å². The minimum atomic E-state index is -0.163. The maximum absolute atomic E-state index is 12.8. The molecule has 0 spiro atoms. The third-order valence-corrected chi connectivity index (χ3v) is 5.55. The third-order valence-electron chi connectivity index (χ3n) is 4.82. The molecule has 0 aliphatic rings. The zero-order valence-corrected chi connectivity index (χ0v) is 18.6. The highest BCUT2D eigenvalue weighted by Gasteiger charge is 2.12. The minimum absolute atomic E-state index is 0.163. The third kappa shape index (κ3) is 5.57.